The number of carboxylic acid groups (broad SMARTS) is 1. The maximum Gasteiger partial charge on any atom is 0.329 e. The molecule has 1 saturated carbocycles. The van der Waals surface area contributed by atoms with Crippen LogP contribution >= 0.6 is 0 Å². The zero-order valence-corrected chi connectivity index (χ0v) is 11.2. The number of carboxylic acids is 1. The third-order valence-corrected chi connectivity index (χ3v) is 3.75. The van der Waals surface area contributed by atoms with Gasteiger partial charge < -0.3 is 15.0 Å². The zero-order chi connectivity index (χ0) is 13.9. The lowest BCUT2D eigenvalue weighted by molar-refractivity contribution is -0.144. The van der Waals surface area contributed by atoms with Gasteiger partial charge >= 0.3 is 5.97 Å². The van der Waals surface area contributed by atoms with E-state index in [4.69, 9.17) is 0 Å². The number of amides is 1. The molecule has 0 saturated heterocycles. The average molecular weight is 264 g/mol. The van der Waals surface area contributed by atoms with Gasteiger partial charge in [0, 0.05) is 12.7 Å². The normalized spacial score (nSPS) is 17.3. The van der Waals surface area contributed by atoms with Crippen LogP contribution in [0.5, 0.6) is 0 Å². The van der Waals surface area contributed by atoms with Crippen LogP contribution in [0.1, 0.15) is 49.5 Å². The van der Waals surface area contributed by atoms with Crippen molar-refractivity contribution < 1.29 is 14.7 Å². The molecular weight excluding hydrogens is 244 g/mol. The second-order valence-electron chi connectivity index (χ2n) is 5.14. The highest BCUT2D eigenvalue weighted by Gasteiger charge is 2.42. The maximum atomic E-state index is 12.3. The topological polar surface area (TPSA) is 71.3 Å². The Hall–Kier alpha value is -1.78. The van der Waals surface area contributed by atoms with Crippen molar-refractivity contribution in [3.63, 3.8) is 0 Å². The van der Waals surface area contributed by atoms with E-state index in [1.165, 1.54) is 0 Å². The number of aryl methyl sites for hydroxylation is 1. The van der Waals surface area contributed by atoms with Crippen molar-refractivity contribution in [3.05, 3.63) is 24.0 Å². The highest BCUT2D eigenvalue weighted by Crippen LogP contribution is 2.30. The van der Waals surface area contributed by atoms with Gasteiger partial charge in [-0.1, -0.05) is 19.8 Å². The van der Waals surface area contributed by atoms with Crippen LogP contribution in [-0.4, -0.2) is 27.1 Å². The number of aliphatic carboxylic acids is 1. The number of rotatable bonds is 5. The average Bonchev–Trinajstić information content (AvgIpc) is 2.99. The molecule has 0 spiro atoms. The molecule has 0 bridgehead atoms. The van der Waals surface area contributed by atoms with E-state index in [-0.39, 0.29) is 5.91 Å². The molecule has 5 heteroatoms. The molecule has 1 aromatic heterocycles. The number of hydrogen-bond acceptors (Lipinski definition) is 2. The maximum absolute atomic E-state index is 12.3. The summed E-state index contributed by atoms with van der Waals surface area (Å²) in [5, 5.41) is 12.1. The van der Waals surface area contributed by atoms with Crippen molar-refractivity contribution in [2.45, 2.75) is 51.1 Å². The Balaban J connectivity index is 2.15. The molecule has 0 atom stereocenters. The fourth-order valence-corrected chi connectivity index (χ4v) is 2.71. The van der Waals surface area contributed by atoms with E-state index in [1.807, 2.05) is 23.8 Å². The van der Waals surface area contributed by atoms with Crippen LogP contribution in [0.15, 0.2) is 18.3 Å². The fourth-order valence-electron chi connectivity index (χ4n) is 2.71. The van der Waals surface area contributed by atoms with Crippen molar-refractivity contribution in [3.8, 4) is 0 Å². The van der Waals surface area contributed by atoms with Crippen LogP contribution in [0, 0.1) is 0 Å². The third-order valence-electron chi connectivity index (χ3n) is 3.75. The quantitative estimate of drug-likeness (QED) is 0.854. The number of carbonyl (C=O) groups is 2. The minimum atomic E-state index is -1.07. The molecule has 2 N–H and O–H groups in total. The molecule has 2 rings (SSSR count). The molecule has 1 aromatic rings. The smallest absolute Gasteiger partial charge is 0.329 e. The van der Waals surface area contributed by atoms with E-state index >= 15 is 0 Å². The van der Waals surface area contributed by atoms with Crippen molar-refractivity contribution in [1.29, 1.82) is 0 Å². The summed E-state index contributed by atoms with van der Waals surface area (Å²) >= 11 is 0. The van der Waals surface area contributed by atoms with E-state index in [1.54, 1.807) is 6.07 Å². The van der Waals surface area contributed by atoms with E-state index in [9.17, 15) is 14.7 Å². The fraction of sp³-hybridized carbons (Fsp3) is 0.571. The number of nitrogens with one attached hydrogen (secondary N) is 1. The second-order valence-corrected chi connectivity index (χ2v) is 5.14. The summed E-state index contributed by atoms with van der Waals surface area (Å²) in [7, 11) is 0. The van der Waals surface area contributed by atoms with Gasteiger partial charge in [-0.25, -0.2) is 4.79 Å². The molecule has 104 valence electrons. The first kappa shape index (κ1) is 13.6. The highest BCUT2D eigenvalue weighted by molar-refractivity contribution is 5.96. The van der Waals surface area contributed by atoms with E-state index in [0.717, 1.165) is 25.8 Å². The van der Waals surface area contributed by atoms with E-state index in [2.05, 4.69) is 5.32 Å². The van der Waals surface area contributed by atoms with E-state index in [0.29, 0.717) is 18.5 Å². The van der Waals surface area contributed by atoms with Crippen molar-refractivity contribution >= 4 is 11.9 Å². The lowest BCUT2D eigenvalue weighted by atomic mass is 9.97. The van der Waals surface area contributed by atoms with Gasteiger partial charge in [-0.3, -0.25) is 4.79 Å². The molecule has 0 aliphatic heterocycles. The molecule has 1 aliphatic rings. The number of carbonyl (C=O) groups excluding carboxylic acids is 1. The first-order valence-electron chi connectivity index (χ1n) is 6.80. The summed E-state index contributed by atoms with van der Waals surface area (Å²) in [6, 6.07) is 3.54. The van der Waals surface area contributed by atoms with Gasteiger partial charge in [0.05, 0.1) is 0 Å². The molecule has 0 radical (unpaired) electrons. The summed E-state index contributed by atoms with van der Waals surface area (Å²) in [4.78, 5) is 23.7. The van der Waals surface area contributed by atoms with Gasteiger partial charge in [-0.15, -0.1) is 0 Å². The van der Waals surface area contributed by atoms with Crippen molar-refractivity contribution in [2.75, 3.05) is 0 Å². The number of nitrogens with zero attached hydrogens (tertiary/aromatic N) is 1. The highest BCUT2D eigenvalue weighted by atomic mass is 16.4. The Morgan fingerprint density at radius 3 is 2.68 bits per heavy atom. The summed E-state index contributed by atoms with van der Waals surface area (Å²) < 4.78 is 1.86. The predicted octanol–water partition coefficient (Wildman–Crippen LogP) is 2.03. The summed E-state index contributed by atoms with van der Waals surface area (Å²) in [5.74, 6) is -1.21. The van der Waals surface area contributed by atoms with Crippen LogP contribution in [0.2, 0.25) is 0 Å². The Morgan fingerprint density at radius 2 is 2.11 bits per heavy atom. The van der Waals surface area contributed by atoms with Gasteiger partial charge in [0.15, 0.2) is 0 Å². The molecule has 1 aliphatic carbocycles. The lowest BCUT2D eigenvalue weighted by Crippen LogP contribution is -2.52. The summed E-state index contributed by atoms with van der Waals surface area (Å²) in [6.07, 6.45) is 5.51. The Morgan fingerprint density at radius 1 is 1.42 bits per heavy atom. The van der Waals surface area contributed by atoms with Gasteiger partial charge in [0.25, 0.3) is 5.91 Å². The second kappa shape index (κ2) is 5.47. The molecule has 5 nitrogen and oxygen atoms in total. The van der Waals surface area contributed by atoms with Crippen LogP contribution in [0.25, 0.3) is 0 Å². The van der Waals surface area contributed by atoms with Gasteiger partial charge in [-0.2, -0.15) is 0 Å². The monoisotopic (exact) mass is 264 g/mol. The number of aromatic nitrogens is 1. The Bertz CT molecular complexity index is 473. The minimum Gasteiger partial charge on any atom is -0.480 e. The van der Waals surface area contributed by atoms with Crippen LogP contribution in [-0.2, 0) is 11.3 Å². The molecule has 0 unspecified atom stereocenters. The predicted molar refractivity (Wildman–Crippen MR) is 71.0 cm³/mol. The molecular formula is C14H20N2O3. The number of hydrogen-bond donors (Lipinski definition) is 2. The zero-order valence-electron chi connectivity index (χ0n) is 11.2. The van der Waals surface area contributed by atoms with Gasteiger partial charge in [-0.05, 0) is 31.4 Å². The summed E-state index contributed by atoms with van der Waals surface area (Å²) in [5.41, 5.74) is -0.535. The largest absolute Gasteiger partial charge is 0.480 e. The standard InChI is InChI=1S/C14H20N2O3/c1-2-9-16-10-5-6-11(16)12(17)15-14(13(18)19)7-3-4-8-14/h5-6,10H,2-4,7-9H2,1H3,(H,15,17)(H,18,19). The lowest BCUT2D eigenvalue weighted by Gasteiger charge is -2.25. The first-order valence-corrected chi connectivity index (χ1v) is 6.80. The first-order chi connectivity index (χ1) is 9.09. The van der Waals surface area contributed by atoms with Crippen molar-refractivity contribution in [1.82, 2.24) is 9.88 Å². The van der Waals surface area contributed by atoms with E-state index < -0.39 is 11.5 Å². The van der Waals surface area contributed by atoms with Crippen LogP contribution < -0.4 is 5.32 Å². The summed E-state index contributed by atoms with van der Waals surface area (Å²) in [6.45, 7) is 2.80. The molecule has 1 fully saturated rings. The molecule has 0 aromatic carbocycles. The van der Waals surface area contributed by atoms with Crippen LogP contribution in [0.3, 0.4) is 0 Å². The molecule has 1 amide bonds. The Labute approximate surface area is 112 Å². The van der Waals surface area contributed by atoms with Gasteiger partial charge in [0.1, 0.15) is 11.2 Å². The van der Waals surface area contributed by atoms with Gasteiger partial charge in [0.2, 0.25) is 0 Å². The molecule has 19 heavy (non-hydrogen) atoms. The van der Waals surface area contributed by atoms with Crippen molar-refractivity contribution in [2.24, 2.45) is 0 Å². The van der Waals surface area contributed by atoms with Crippen LogP contribution in [0.4, 0.5) is 0 Å². The minimum absolute atomic E-state index is 0.289. The SMILES string of the molecule is CCCn1cccc1C(=O)NC1(C(=O)O)CCCC1. The Kier molecular flexibility index (Phi) is 3.93. The third kappa shape index (κ3) is 2.64. The molecule has 1 heterocycles.